The first kappa shape index (κ1) is 24.0. The Kier molecular flexibility index (Phi) is 7.39. The Bertz CT molecular complexity index is 1000. The third-order valence-electron chi connectivity index (χ3n) is 5.65. The zero-order valence-corrected chi connectivity index (χ0v) is 20.5. The molecule has 1 aliphatic rings. The highest BCUT2D eigenvalue weighted by molar-refractivity contribution is 8.00. The molecule has 0 bridgehead atoms. The molecule has 0 radical (unpaired) electrons. The Hall–Kier alpha value is -2.67. The minimum atomic E-state index is -0.582. The first-order chi connectivity index (χ1) is 15.2. The summed E-state index contributed by atoms with van der Waals surface area (Å²) in [6.45, 7) is 8.66. The average molecular weight is 457 g/mol. The lowest BCUT2D eigenvalue weighted by Crippen LogP contribution is -2.51. The van der Waals surface area contributed by atoms with Crippen LogP contribution in [0.25, 0.3) is 0 Å². The quantitative estimate of drug-likeness (QED) is 0.663. The minimum Gasteiger partial charge on any atom is -0.497 e. The Balaban J connectivity index is 1.85. The lowest BCUT2D eigenvalue weighted by atomic mass is 9.86. The minimum absolute atomic E-state index is 0.0439. The lowest BCUT2D eigenvalue weighted by molar-refractivity contribution is -0.126. The van der Waals surface area contributed by atoms with Crippen molar-refractivity contribution in [3.8, 4) is 11.5 Å². The van der Waals surface area contributed by atoms with Gasteiger partial charge in [0.15, 0.2) is 0 Å². The van der Waals surface area contributed by atoms with E-state index in [1.807, 2.05) is 19.1 Å². The second kappa shape index (κ2) is 9.86. The highest BCUT2D eigenvalue weighted by atomic mass is 32.2. The molecule has 7 heteroatoms. The molecular formula is C25H32N2O4S. The number of methoxy groups -OCH3 is 2. The van der Waals surface area contributed by atoms with E-state index in [0.717, 1.165) is 21.7 Å². The summed E-state index contributed by atoms with van der Waals surface area (Å²) in [6, 6.07) is 11.1. The number of hydrogen-bond donors (Lipinski definition) is 1. The number of carbonyl (C=O) groups is 2. The Labute approximate surface area is 194 Å². The second-order valence-electron chi connectivity index (χ2n) is 8.80. The van der Waals surface area contributed by atoms with Crippen molar-refractivity contribution < 1.29 is 19.1 Å². The number of nitrogens with one attached hydrogen (secondary N) is 1. The summed E-state index contributed by atoms with van der Waals surface area (Å²) in [4.78, 5) is 28.9. The molecule has 1 atom stereocenters. The maximum absolute atomic E-state index is 13.2. The van der Waals surface area contributed by atoms with E-state index in [-0.39, 0.29) is 17.2 Å². The van der Waals surface area contributed by atoms with Crippen molar-refractivity contribution in [2.24, 2.45) is 0 Å². The van der Waals surface area contributed by atoms with Crippen LogP contribution < -0.4 is 19.7 Å². The summed E-state index contributed by atoms with van der Waals surface area (Å²) >= 11 is 1.53. The molecular weight excluding hydrogens is 424 g/mol. The zero-order chi connectivity index (χ0) is 23.5. The molecule has 0 fully saturated rings. The molecule has 0 aromatic heterocycles. The van der Waals surface area contributed by atoms with Crippen LogP contribution in [-0.4, -0.2) is 37.8 Å². The molecule has 0 saturated heterocycles. The number of anilines is 1. The number of benzene rings is 2. The highest BCUT2D eigenvalue weighted by Crippen LogP contribution is 2.39. The number of hydrogen-bond acceptors (Lipinski definition) is 5. The predicted molar refractivity (Wildman–Crippen MR) is 129 cm³/mol. The normalized spacial score (nSPS) is 14.6. The van der Waals surface area contributed by atoms with Gasteiger partial charge in [-0.25, -0.2) is 0 Å². The standard InChI is InChI=1S/C25H32N2O4S/c1-7-19(24(29)26-14-16-8-10-18(30-5)13-21(16)31-6)27-20-12-17(25(2,3)4)9-11-22(20)32-15-23(27)28/h8-13,19H,7,14-15H2,1-6H3,(H,26,29). The van der Waals surface area contributed by atoms with Crippen LogP contribution in [0.2, 0.25) is 0 Å². The van der Waals surface area contributed by atoms with Gasteiger partial charge >= 0.3 is 0 Å². The highest BCUT2D eigenvalue weighted by Gasteiger charge is 2.35. The van der Waals surface area contributed by atoms with Gasteiger partial charge in [-0.15, -0.1) is 11.8 Å². The first-order valence-electron chi connectivity index (χ1n) is 10.8. The number of carbonyl (C=O) groups excluding carboxylic acids is 2. The molecule has 0 saturated carbocycles. The monoisotopic (exact) mass is 456 g/mol. The molecule has 2 aromatic carbocycles. The van der Waals surface area contributed by atoms with Gasteiger partial charge in [0.25, 0.3) is 0 Å². The van der Waals surface area contributed by atoms with Crippen LogP contribution in [0.5, 0.6) is 11.5 Å². The van der Waals surface area contributed by atoms with E-state index in [1.54, 1.807) is 25.2 Å². The van der Waals surface area contributed by atoms with Crippen LogP contribution >= 0.6 is 11.8 Å². The molecule has 1 heterocycles. The largest absolute Gasteiger partial charge is 0.497 e. The van der Waals surface area contributed by atoms with Crippen LogP contribution in [-0.2, 0) is 21.5 Å². The van der Waals surface area contributed by atoms with Crippen molar-refractivity contribution in [3.63, 3.8) is 0 Å². The van der Waals surface area contributed by atoms with Crippen molar-refractivity contribution in [2.45, 2.75) is 57.0 Å². The van der Waals surface area contributed by atoms with Crippen LogP contribution in [0.1, 0.15) is 45.2 Å². The Morgan fingerprint density at radius 2 is 1.91 bits per heavy atom. The lowest BCUT2D eigenvalue weighted by Gasteiger charge is -2.35. The molecule has 2 amide bonds. The molecule has 1 N–H and O–H groups in total. The first-order valence-corrected chi connectivity index (χ1v) is 11.8. The zero-order valence-electron chi connectivity index (χ0n) is 19.7. The van der Waals surface area contributed by atoms with Gasteiger partial charge in [-0.1, -0.05) is 33.8 Å². The van der Waals surface area contributed by atoms with Crippen molar-refractivity contribution in [2.75, 3.05) is 24.9 Å². The fraction of sp³-hybridized carbons (Fsp3) is 0.440. The third-order valence-corrected chi connectivity index (χ3v) is 6.70. The summed E-state index contributed by atoms with van der Waals surface area (Å²) in [5, 5.41) is 3.00. The van der Waals surface area contributed by atoms with Gasteiger partial charge in [-0.3, -0.25) is 14.5 Å². The maximum atomic E-state index is 13.2. The van der Waals surface area contributed by atoms with E-state index in [1.165, 1.54) is 11.8 Å². The van der Waals surface area contributed by atoms with Crippen LogP contribution in [0.15, 0.2) is 41.3 Å². The second-order valence-corrected chi connectivity index (χ2v) is 9.82. The fourth-order valence-corrected chi connectivity index (χ4v) is 4.65. The van der Waals surface area contributed by atoms with E-state index in [0.29, 0.717) is 30.2 Å². The van der Waals surface area contributed by atoms with Gasteiger partial charge in [0.2, 0.25) is 11.8 Å². The molecule has 0 aliphatic carbocycles. The maximum Gasteiger partial charge on any atom is 0.243 e. The fourth-order valence-electron chi connectivity index (χ4n) is 3.76. The van der Waals surface area contributed by atoms with Crippen molar-refractivity contribution >= 4 is 29.3 Å². The third kappa shape index (κ3) is 5.04. The number of amides is 2. The molecule has 1 unspecified atom stereocenters. The molecule has 32 heavy (non-hydrogen) atoms. The van der Waals surface area contributed by atoms with E-state index in [4.69, 9.17) is 9.47 Å². The topological polar surface area (TPSA) is 67.9 Å². The summed E-state index contributed by atoms with van der Waals surface area (Å²) in [5.74, 6) is 1.43. The summed E-state index contributed by atoms with van der Waals surface area (Å²) in [5.41, 5.74) is 2.74. The van der Waals surface area contributed by atoms with Gasteiger partial charge < -0.3 is 14.8 Å². The van der Waals surface area contributed by atoms with Crippen molar-refractivity contribution in [1.82, 2.24) is 5.32 Å². The molecule has 2 aromatic rings. The van der Waals surface area contributed by atoms with Crippen molar-refractivity contribution in [1.29, 1.82) is 0 Å². The number of thioether (sulfide) groups is 1. The predicted octanol–water partition coefficient (Wildman–Crippen LogP) is 4.54. The number of rotatable bonds is 7. The van der Waals surface area contributed by atoms with E-state index < -0.39 is 6.04 Å². The average Bonchev–Trinajstić information content (AvgIpc) is 2.78. The molecule has 3 rings (SSSR count). The van der Waals surface area contributed by atoms with E-state index in [9.17, 15) is 9.59 Å². The van der Waals surface area contributed by atoms with Gasteiger partial charge in [-0.2, -0.15) is 0 Å². The van der Waals surface area contributed by atoms with E-state index in [2.05, 4.69) is 44.3 Å². The summed E-state index contributed by atoms with van der Waals surface area (Å²) < 4.78 is 10.7. The molecule has 0 spiro atoms. The molecule has 6 nitrogen and oxygen atoms in total. The van der Waals surface area contributed by atoms with Crippen molar-refractivity contribution in [3.05, 3.63) is 47.5 Å². The Morgan fingerprint density at radius 1 is 1.16 bits per heavy atom. The Morgan fingerprint density at radius 3 is 2.53 bits per heavy atom. The number of fused-ring (bicyclic) bond motifs is 1. The van der Waals surface area contributed by atoms with Crippen LogP contribution in [0, 0.1) is 0 Å². The van der Waals surface area contributed by atoms with Gasteiger partial charge in [0, 0.05) is 23.1 Å². The van der Waals surface area contributed by atoms with Gasteiger partial charge in [-0.05, 0) is 41.7 Å². The van der Waals surface area contributed by atoms with Gasteiger partial charge in [0.1, 0.15) is 17.5 Å². The van der Waals surface area contributed by atoms with Gasteiger partial charge in [0.05, 0.1) is 25.7 Å². The van der Waals surface area contributed by atoms with E-state index >= 15 is 0 Å². The van der Waals surface area contributed by atoms with Crippen LogP contribution in [0.4, 0.5) is 5.69 Å². The number of nitrogens with zero attached hydrogens (tertiary/aromatic N) is 1. The molecule has 1 aliphatic heterocycles. The molecule has 172 valence electrons. The number of ether oxygens (including phenoxy) is 2. The SMILES string of the molecule is CCC(C(=O)NCc1ccc(OC)cc1OC)N1C(=O)CSc2ccc(C(C)(C)C)cc21. The smallest absolute Gasteiger partial charge is 0.243 e. The summed E-state index contributed by atoms with van der Waals surface area (Å²) in [7, 11) is 3.18. The van der Waals surface area contributed by atoms with Crippen LogP contribution in [0.3, 0.4) is 0 Å². The summed E-state index contributed by atoms with van der Waals surface area (Å²) in [6.07, 6.45) is 0.515.